The Morgan fingerprint density at radius 1 is 0.952 bits per heavy atom. The lowest BCUT2D eigenvalue weighted by Crippen LogP contribution is -2.26. The van der Waals surface area contributed by atoms with Crippen LogP contribution in [0.2, 0.25) is 0 Å². The Morgan fingerprint density at radius 3 is 2.52 bits per heavy atom. The first-order valence-corrected chi connectivity index (χ1v) is 13.6. The summed E-state index contributed by atoms with van der Waals surface area (Å²) in [5.41, 5.74) is 15.5. The highest BCUT2D eigenvalue weighted by Crippen LogP contribution is 2.26. The zero-order valence-corrected chi connectivity index (χ0v) is 23.8. The van der Waals surface area contributed by atoms with Crippen LogP contribution in [0.25, 0.3) is 22.2 Å². The topological polar surface area (TPSA) is 111 Å². The SMILES string of the molecule is C=COCCONC(=O)c1ccc(-c2ccc(N)c(NCc3ccc4ncccc4c3)n2)cc1C.Cc1ccccc1. The van der Waals surface area contributed by atoms with Gasteiger partial charge in [-0.3, -0.25) is 14.6 Å². The van der Waals surface area contributed by atoms with Crippen LogP contribution >= 0.6 is 0 Å². The Balaban J connectivity index is 0.000000507. The molecule has 0 spiro atoms. The standard InChI is InChI=1S/C27H27N5O3.C7H8/c1-3-34-13-14-35-32-27(33)22-8-7-21(15-18(22)2)25-11-9-23(28)26(31-25)30-17-19-6-10-24-20(16-19)5-4-12-29-24;1-7-5-3-2-4-6-7/h3-12,15-16H,1,13-14,17,28H2,2H3,(H,30,31)(H,32,33);2-6H,1H3. The van der Waals surface area contributed by atoms with Gasteiger partial charge in [0.05, 0.1) is 23.2 Å². The number of benzene rings is 3. The van der Waals surface area contributed by atoms with Gasteiger partial charge >= 0.3 is 0 Å². The summed E-state index contributed by atoms with van der Waals surface area (Å²) in [5, 5.41) is 4.41. The summed E-state index contributed by atoms with van der Waals surface area (Å²) >= 11 is 0. The number of anilines is 2. The monoisotopic (exact) mass is 561 g/mol. The number of nitrogens with two attached hydrogens (primary N) is 1. The number of carbonyl (C=O) groups excluding carboxylic acids is 1. The summed E-state index contributed by atoms with van der Waals surface area (Å²) in [7, 11) is 0. The molecule has 214 valence electrons. The molecule has 0 aliphatic rings. The third-order valence-corrected chi connectivity index (χ3v) is 6.35. The van der Waals surface area contributed by atoms with Gasteiger partial charge in [0.2, 0.25) is 0 Å². The first-order valence-electron chi connectivity index (χ1n) is 13.6. The van der Waals surface area contributed by atoms with E-state index in [1.54, 1.807) is 12.3 Å². The third kappa shape index (κ3) is 8.39. The maximum absolute atomic E-state index is 12.4. The van der Waals surface area contributed by atoms with E-state index in [0.29, 0.717) is 30.2 Å². The molecule has 2 heterocycles. The lowest BCUT2D eigenvalue weighted by Gasteiger charge is -2.12. The zero-order valence-electron chi connectivity index (χ0n) is 23.8. The fourth-order valence-corrected chi connectivity index (χ4v) is 4.15. The summed E-state index contributed by atoms with van der Waals surface area (Å²) in [6.07, 6.45) is 3.10. The molecule has 2 aromatic heterocycles. The largest absolute Gasteiger partial charge is 0.499 e. The molecule has 8 nitrogen and oxygen atoms in total. The fourth-order valence-electron chi connectivity index (χ4n) is 4.15. The van der Waals surface area contributed by atoms with E-state index in [1.807, 2.05) is 73.7 Å². The van der Waals surface area contributed by atoms with Gasteiger partial charge in [-0.05, 0) is 67.4 Å². The summed E-state index contributed by atoms with van der Waals surface area (Å²) < 4.78 is 4.95. The van der Waals surface area contributed by atoms with Crippen molar-refractivity contribution in [3.8, 4) is 11.3 Å². The Kier molecular flexibility index (Phi) is 10.6. The second kappa shape index (κ2) is 15.0. The van der Waals surface area contributed by atoms with E-state index in [-0.39, 0.29) is 12.5 Å². The van der Waals surface area contributed by atoms with Crippen molar-refractivity contribution in [1.82, 2.24) is 15.4 Å². The predicted molar refractivity (Wildman–Crippen MR) is 169 cm³/mol. The highest BCUT2D eigenvalue weighted by Gasteiger charge is 2.12. The number of hydrogen-bond donors (Lipinski definition) is 3. The smallest absolute Gasteiger partial charge is 0.275 e. The summed E-state index contributed by atoms with van der Waals surface area (Å²) in [6.45, 7) is 8.49. The van der Waals surface area contributed by atoms with E-state index in [9.17, 15) is 4.79 Å². The molecule has 0 unspecified atom stereocenters. The quantitative estimate of drug-likeness (QED) is 0.0999. The molecule has 0 saturated carbocycles. The molecule has 5 rings (SSSR count). The van der Waals surface area contributed by atoms with E-state index in [2.05, 4.69) is 47.5 Å². The van der Waals surface area contributed by atoms with Crippen LogP contribution in [-0.2, 0) is 16.1 Å². The van der Waals surface area contributed by atoms with Crippen molar-refractivity contribution in [1.29, 1.82) is 0 Å². The van der Waals surface area contributed by atoms with Gasteiger partial charge in [-0.1, -0.05) is 60.7 Å². The number of aryl methyl sites for hydroxylation is 2. The lowest BCUT2D eigenvalue weighted by atomic mass is 10.0. The molecule has 8 heteroatoms. The van der Waals surface area contributed by atoms with Crippen molar-refractivity contribution in [3.63, 3.8) is 0 Å². The number of nitrogen functional groups attached to an aromatic ring is 1. The van der Waals surface area contributed by atoms with E-state index >= 15 is 0 Å². The average Bonchev–Trinajstić information content (AvgIpc) is 3.01. The molecular formula is C34H35N5O3. The molecule has 0 aliphatic heterocycles. The van der Waals surface area contributed by atoms with E-state index < -0.39 is 0 Å². The predicted octanol–water partition coefficient (Wildman–Crippen LogP) is 6.62. The number of carbonyl (C=O) groups is 1. The van der Waals surface area contributed by atoms with Crippen LogP contribution in [0.4, 0.5) is 11.5 Å². The van der Waals surface area contributed by atoms with Crippen molar-refractivity contribution >= 4 is 28.3 Å². The van der Waals surface area contributed by atoms with Crippen LogP contribution in [0.3, 0.4) is 0 Å². The molecule has 0 saturated heterocycles. The van der Waals surface area contributed by atoms with Crippen molar-refractivity contribution in [2.24, 2.45) is 0 Å². The van der Waals surface area contributed by atoms with E-state index in [1.165, 1.54) is 11.8 Å². The fraction of sp³-hybridized carbons (Fsp3) is 0.147. The van der Waals surface area contributed by atoms with Crippen molar-refractivity contribution in [2.75, 3.05) is 24.3 Å². The first kappa shape index (κ1) is 29.8. The minimum Gasteiger partial charge on any atom is -0.499 e. The van der Waals surface area contributed by atoms with Gasteiger partial charge in [0, 0.05) is 29.3 Å². The van der Waals surface area contributed by atoms with Gasteiger partial charge < -0.3 is 15.8 Å². The zero-order chi connectivity index (χ0) is 29.7. The number of pyridine rings is 2. The molecule has 3 aromatic carbocycles. The molecule has 42 heavy (non-hydrogen) atoms. The van der Waals surface area contributed by atoms with Crippen LogP contribution < -0.4 is 16.5 Å². The Labute approximate surface area is 246 Å². The van der Waals surface area contributed by atoms with Crippen LogP contribution in [0, 0.1) is 13.8 Å². The van der Waals surface area contributed by atoms with Gasteiger partial charge in [-0.2, -0.15) is 0 Å². The molecule has 0 radical (unpaired) electrons. The highest BCUT2D eigenvalue weighted by molar-refractivity contribution is 5.95. The number of fused-ring (bicyclic) bond motifs is 1. The summed E-state index contributed by atoms with van der Waals surface area (Å²) in [4.78, 5) is 26.6. The Hall–Kier alpha value is -5.21. The van der Waals surface area contributed by atoms with Crippen molar-refractivity contribution < 1.29 is 14.4 Å². The van der Waals surface area contributed by atoms with Crippen LogP contribution in [-0.4, -0.2) is 29.1 Å². The minimum atomic E-state index is -0.328. The number of amides is 1. The highest BCUT2D eigenvalue weighted by atomic mass is 16.7. The maximum atomic E-state index is 12.4. The van der Waals surface area contributed by atoms with Crippen LogP contribution in [0.5, 0.6) is 0 Å². The van der Waals surface area contributed by atoms with Gasteiger partial charge in [-0.25, -0.2) is 10.5 Å². The number of hydroxylamine groups is 1. The summed E-state index contributed by atoms with van der Waals surface area (Å²) in [5.74, 6) is 0.272. The molecule has 0 fully saturated rings. The number of aromatic nitrogens is 2. The number of rotatable bonds is 10. The van der Waals surface area contributed by atoms with E-state index in [4.69, 9.17) is 20.3 Å². The summed E-state index contributed by atoms with van der Waals surface area (Å²) in [6, 6.07) is 29.5. The Morgan fingerprint density at radius 2 is 1.79 bits per heavy atom. The third-order valence-electron chi connectivity index (χ3n) is 6.35. The maximum Gasteiger partial charge on any atom is 0.275 e. The Bertz CT molecular complexity index is 1640. The molecule has 4 N–H and O–H groups in total. The van der Waals surface area contributed by atoms with Crippen molar-refractivity contribution in [3.05, 3.63) is 132 Å². The van der Waals surface area contributed by atoms with Gasteiger partial charge in [-0.15, -0.1) is 0 Å². The molecule has 5 aromatic rings. The van der Waals surface area contributed by atoms with Gasteiger partial charge in [0.25, 0.3) is 5.91 Å². The average molecular weight is 562 g/mol. The normalized spacial score (nSPS) is 10.3. The molecule has 0 bridgehead atoms. The second-order valence-electron chi connectivity index (χ2n) is 9.52. The van der Waals surface area contributed by atoms with Gasteiger partial charge in [0.15, 0.2) is 0 Å². The molecule has 1 amide bonds. The van der Waals surface area contributed by atoms with Crippen LogP contribution in [0.15, 0.2) is 110 Å². The van der Waals surface area contributed by atoms with Crippen LogP contribution in [0.1, 0.15) is 27.0 Å². The van der Waals surface area contributed by atoms with Crippen molar-refractivity contribution in [2.45, 2.75) is 20.4 Å². The molecule has 0 aliphatic carbocycles. The number of ether oxygens (including phenoxy) is 1. The molecule has 0 atom stereocenters. The molecular weight excluding hydrogens is 526 g/mol. The van der Waals surface area contributed by atoms with Gasteiger partial charge in [0.1, 0.15) is 19.0 Å². The second-order valence-corrected chi connectivity index (χ2v) is 9.52. The van der Waals surface area contributed by atoms with E-state index in [0.717, 1.165) is 33.3 Å². The number of hydrogen-bond acceptors (Lipinski definition) is 7. The minimum absolute atomic E-state index is 0.218. The number of nitrogens with one attached hydrogen (secondary N) is 2. The lowest BCUT2D eigenvalue weighted by molar-refractivity contribution is 0.0144. The first-order chi connectivity index (χ1) is 20.4. The number of nitrogens with zero attached hydrogens (tertiary/aromatic N) is 2.